The lowest BCUT2D eigenvalue weighted by molar-refractivity contribution is -0.147. The zero-order valence-electron chi connectivity index (χ0n) is 10.5. The molecular formula is C12H15F4N3O. The molecule has 0 bridgehead atoms. The van der Waals surface area contributed by atoms with E-state index in [-0.39, 0.29) is 30.1 Å². The van der Waals surface area contributed by atoms with Gasteiger partial charge in [0.1, 0.15) is 11.7 Å². The number of hydrogen-bond acceptors (Lipinski definition) is 3. The van der Waals surface area contributed by atoms with Gasteiger partial charge in [-0.3, -0.25) is 10.3 Å². The molecule has 0 aromatic heterocycles. The number of benzene rings is 1. The number of nitrogens with two attached hydrogens (primary N) is 1. The maximum atomic E-state index is 13.3. The van der Waals surface area contributed by atoms with Gasteiger partial charge in [-0.15, -0.1) is 0 Å². The van der Waals surface area contributed by atoms with Gasteiger partial charge in [-0.25, -0.2) is 4.39 Å². The highest BCUT2D eigenvalue weighted by Gasteiger charge is 2.30. The molecule has 0 fully saturated rings. The van der Waals surface area contributed by atoms with Gasteiger partial charge in [-0.1, -0.05) is 0 Å². The summed E-state index contributed by atoms with van der Waals surface area (Å²) in [6, 6.07) is 3.46. The Morgan fingerprint density at radius 1 is 1.30 bits per heavy atom. The fourth-order valence-electron chi connectivity index (χ4n) is 1.76. The van der Waals surface area contributed by atoms with E-state index >= 15 is 0 Å². The van der Waals surface area contributed by atoms with Gasteiger partial charge < -0.3 is 10.8 Å². The summed E-state index contributed by atoms with van der Waals surface area (Å²) >= 11 is 0. The van der Waals surface area contributed by atoms with Crippen LogP contribution in [0.15, 0.2) is 18.2 Å². The highest BCUT2D eigenvalue weighted by atomic mass is 19.4. The van der Waals surface area contributed by atoms with Crippen LogP contribution in [0.2, 0.25) is 0 Å². The number of amidine groups is 1. The van der Waals surface area contributed by atoms with Crippen molar-refractivity contribution >= 4 is 5.84 Å². The zero-order chi connectivity index (χ0) is 15.3. The van der Waals surface area contributed by atoms with Gasteiger partial charge in [0.25, 0.3) is 0 Å². The van der Waals surface area contributed by atoms with Crippen LogP contribution in [-0.2, 0) is 6.54 Å². The largest absolute Gasteiger partial charge is 0.401 e. The SMILES string of the molecule is N=C(N)c1cc(F)cc(CN(CCO)CC(F)(F)F)c1. The molecule has 0 spiro atoms. The number of alkyl halides is 3. The van der Waals surface area contributed by atoms with Crippen molar-refractivity contribution in [3.63, 3.8) is 0 Å². The Morgan fingerprint density at radius 3 is 2.45 bits per heavy atom. The maximum absolute atomic E-state index is 13.3. The quantitative estimate of drug-likeness (QED) is 0.422. The van der Waals surface area contributed by atoms with Gasteiger partial charge >= 0.3 is 6.18 Å². The first-order valence-electron chi connectivity index (χ1n) is 5.75. The first kappa shape index (κ1) is 16.4. The molecule has 0 unspecified atom stereocenters. The summed E-state index contributed by atoms with van der Waals surface area (Å²) in [5, 5.41) is 16.0. The Kier molecular flexibility index (Phi) is 5.46. The normalized spacial score (nSPS) is 11.9. The van der Waals surface area contributed by atoms with Crippen LogP contribution in [0.25, 0.3) is 0 Å². The van der Waals surface area contributed by atoms with E-state index in [2.05, 4.69) is 0 Å². The lowest BCUT2D eigenvalue weighted by Crippen LogP contribution is -2.35. The van der Waals surface area contributed by atoms with Crippen LogP contribution in [0, 0.1) is 11.2 Å². The van der Waals surface area contributed by atoms with Gasteiger partial charge in [0.2, 0.25) is 0 Å². The Labute approximate surface area is 113 Å². The van der Waals surface area contributed by atoms with Crippen LogP contribution in [0.1, 0.15) is 11.1 Å². The number of nitrogen functional groups attached to an aromatic ring is 1. The summed E-state index contributed by atoms with van der Waals surface area (Å²) in [6.07, 6.45) is -4.41. The van der Waals surface area contributed by atoms with E-state index in [1.165, 1.54) is 6.07 Å². The van der Waals surface area contributed by atoms with Crippen molar-refractivity contribution in [3.05, 3.63) is 35.1 Å². The van der Waals surface area contributed by atoms with Crippen LogP contribution in [0.5, 0.6) is 0 Å². The second kappa shape index (κ2) is 6.67. The number of aliphatic hydroxyl groups excluding tert-OH is 1. The Balaban J connectivity index is 2.90. The van der Waals surface area contributed by atoms with E-state index in [4.69, 9.17) is 16.2 Å². The molecule has 20 heavy (non-hydrogen) atoms. The molecule has 8 heteroatoms. The van der Waals surface area contributed by atoms with Gasteiger partial charge in [0.15, 0.2) is 0 Å². The Morgan fingerprint density at radius 2 is 1.95 bits per heavy atom. The molecule has 0 radical (unpaired) electrons. The average molecular weight is 293 g/mol. The predicted octanol–water partition coefficient (Wildman–Crippen LogP) is 1.47. The van der Waals surface area contributed by atoms with Crippen molar-refractivity contribution in [1.29, 1.82) is 5.41 Å². The van der Waals surface area contributed by atoms with E-state index < -0.39 is 25.1 Å². The summed E-state index contributed by atoms with van der Waals surface area (Å²) in [5.74, 6) is -1.04. The molecule has 4 nitrogen and oxygen atoms in total. The topological polar surface area (TPSA) is 73.3 Å². The van der Waals surface area contributed by atoms with E-state index in [9.17, 15) is 17.6 Å². The van der Waals surface area contributed by atoms with Crippen molar-refractivity contribution in [2.75, 3.05) is 19.7 Å². The second-order valence-electron chi connectivity index (χ2n) is 4.31. The third kappa shape index (κ3) is 5.54. The molecule has 0 saturated heterocycles. The molecule has 0 aliphatic heterocycles. The number of halogens is 4. The number of hydrogen-bond donors (Lipinski definition) is 3. The molecule has 0 atom stereocenters. The summed E-state index contributed by atoms with van der Waals surface area (Å²) in [6.45, 7) is -2.03. The van der Waals surface area contributed by atoms with E-state index in [0.717, 1.165) is 17.0 Å². The van der Waals surface area contributed by atoms with Gasteiger partial charge in [-0.05, 0) is 23.8 Å². The van der Waals surface area contributed by atoms with Crippen LogP contribution in [0.3, 0.4) is 0 Å². The zero-order valence-corrected chi connectivity index (χ0v) is 10.5. The number of rotatable bonds is 6. The third-order valence-corrected chi connectivity index (χ3v) is 2.49. The third-order valence-electron chi connectivity index (χ3n) is 2.49. The molecule has 1 aromatic carbocycles. The molecule has 112 valence electrons. The highest BCUT2D eigenvalue weighted by molar-refractivity contribution is 5.95. The van der Waals surface area contributed by atoms with E-state index in [1.54, 1.807) is 0 Å². The fraction of sp³-hybridized carbons (Fsp3) is 0.417. The van der Waals surface area contributed by atoms with Crippen molar-refractivity contribution < 1.29 is 22.7 Å². The minimum atomic E-state index is -4.41. The number of aliphatic hydroxyl groups is 1. The lowest BCUT2D eigenvalue weighted by atomic mass is 10.1. The average Bonchev–Trinajstić information content (AvgIpc) is 2.25. The van der Waals surface area contributed by atoms with Crippen molar-refractivity contribution in [2.45, 2.75) is 12.7 Å². The Hall–Kier alpha value is -1.67. The van der Waals surface area contributed by atoms with Crippen LogP contribution in [0.4, 0.5) is 17.6 Å². The van der Waals surface area contributed by atoms with Crippen molar-refractivity contribution in [1.82, 2.24) is 4.90 Å². The Bertz CT molecular complexity index is 476. The summed E-state index contributed by atoms with van der Waals surface area (Å²) in [5.41, 5.74) is 5.59. The smallest absolute Gasteiger partial charge is 0.395 e. The summed E-state index contributed by atoms with van der Waals surface area (Å²) in [4.78, 5) is 0.943. The van der Waals surface area contributed by atoms with E-state index in [0.29, 0.717) is 0 Å². The van der Waals surface area contributed by atoms with Crippen LogP contribution >= 0.6 is 0 Å². The molecule has 1 aromatic rings. The first-order valence-corrected chi connectivity index (χ1v) is 5.75. The fourth-order valence-corrected chi connectivity index (χ4v) is 1.76. The van der Waals surface area contributed by atoms with E-state index in [1.807, 2.05) is 0 Å². The second-order valence-corrected chi connectivity index (χ2v) is 4.31. The molecule has 1 rings (SSSR count). The minimum Gasteiger partial charge on any atom is -0.395 e. The molecule has 0 amide bonds. The molecule has 4 N–H and O–H groups in total. The first-order chi connectivity index (χ1) is 9.21. The van der Waals surface area contributed by atoms with Gasteiger partial charge in [0, 0.05) is 18.7 Å². The van der Waals surface area contributed by atoms with Gasteiger partial charge in [0.05, 0.1) is 13.2 Å². The molecule has 0 aliphatic carbocycles. The predicted molar refractivity (Wildman–Crippen MR) is 65.8 cm³/mol. The number of nitrogens with zero attached hydrogens (tertiary/aromatic N) is 1. The van der Waals surface area contributed by atoms with Crippen molar-refractivity contribution in [2.24, 2.45) is 5.73 Å². The van der Waals surface area contributed by atoms with Crippen LogP contribution < -0.4 is 5.73 Å². The van der Waals surface area contributed by atoms with Crippen molar-refractivity contribution in [3.8, 4) is 0 Å². The summed E-state index contributed by atoms with van der Waals surface area (Å²) < 4.78 is 50.4. The molecule has 0 saturated carbocycles. The maximum Gasteiger partial charge on any atom is 0.401 e. The molecular weight excluding hydrogens is 278 g/mol. The molecule has 0 heterocycles. The van der Waals surface area contributed by atoms with Crippen LogP contribution in [-0.4, -0.2) is 41.7 Å². The summed E-state index contributed by atoms with van der Waals surface area (Å²) in [7, 11) is 0. The molecule has 0 aliphatic rings. The standard InChI is InChI=1S/C12H15F4N3O/c13-10-4-8(3-9(5-10)11(17)18)6-19(1-2-20)7-12(14,15)16/h3-5,20H,1-2,6-7H2,(H3,17,18). The minimum absolute atomic E-state index is 0.107. The monoisotopic (exact) mass is 293 g/mol. The highest BCUT2D eigenvalue weighted by Crippen LogP contribution is 2.19. The van der Waals surface area contributed by atoms with Gasteiger partial charge in [-0.2, -0.15) is 13.2 Å². The number of nitrogens with one attached hydrogen (secondary N) is 1. The lowest BCUT2D eigenvalue weighted by Gasteiger charge is -2.23.